The van der Waals surface area contributed by atoms with E-state index in [0.717, 1.165) is 37.0 Å². The molecule has 7 heteroatoms. The number of fused-ring (bicyclic) bond motifs is 1. The van der Waals surface area contributed by atoms with Gasteiger partial charge in [0.25, 0.3) is 11.5 Å². The van der Waals surface area contributed by atoms with E-state index in [9.17, 15) is 14.4 Å². The fourth-order valence-corrected chi connectivity index (χ4v) is 3.56. The molecule has 2 heterocycles. The quantitative estimate of drug-likeness (QED) is 0.858. The third kappa shape index (κ3) is 3.37. The first-order chi connectivity index (χ1) is 12.0. The van der Waals surface area contributed by atoms with Crippen LogP contribution in [-0.4, -0.2) is 47.0 Å². The molecular weight excluding hydrogens is 320 g/mol. The number of piperidine rings is 1. The molecule has 3 rings (SSSR count). The average Bonchev–Trinajstić information content (AvgIpc) is 2.61. The van der Waals surface area contributed by atoms with Crippen molar-refractivity contribution in [2.45, 2.75) is 26.3 Å². The molecule has 1 unspecified atom stereocenters. The van der Waals surface area contributed by atoms with Crippen molar-refractivity contribution in [3.63, 3.8) is 0 Å². The maximum absolute atomic E-state index is 12.8. The van der Waals surface area contributed by atoms with Crippen LogP contribution < -0.4 is 16.6 Å². The van der Waals surface area contributed by atoms with Gasteiger partial charge in [-0.3, -0.25) is 14.2 Å². The molecule has 2 N–H and O–H groups in total. The van der Waals surface area contributed by atoms with E-state index < -0.39 is 5.69 Å². The highest BCUT2D eigenvalue weighted by atomic mass is 16.2. The summed E-state index contributed by atoms with van der Waals surface area (Å²) in [7, 11) is 1.92. The molecule has 0 spiro atoms. The number of H-pyrrole nitrogens is 1. The Hall–Kier alpha value is -2.41. The van der Waals surface area contributed by atoms with E-state index >= 15 is 0 Å². The van der Waals surface area contributed by atoms with E-state index in [1.54, 1.807) is 25.1 Å². The van der Waals surface area contributed by atoms with Crippen LogP contribution in [0.5, 0.6) is 0 Å². The van der Waals surface area contributed by atoms with Gasteiger partial charge in [0.2, 0.25) is 0 Å². The Balaban J connectivity index is 1.92. The summed E-state index contributed by atoms with van der Waals surface area (Å²) in [5, 5.41) is 3.59. The summed E-state index contributed by atoms with van der Waals surface area (Å²) in [5.74, 6) is 0.406. The van der Waals surface area contributed by atoms with Gasteiger partial charge in [0.1, 0.15) is 0 Å². The van der Waals surface area contributed by atoms with Crippen LogP contribution in [0.1, 0.15) is 30.1 Å². The summed E-state index contributed by atoms with van der Waals surface area (Å²) in [6, 6.07) is 4.91. The van der Waals surface area contributed by atoms with Crippen molar-refractivity contribution < 1.29 is 4.79 Å². The predicted octanol–water partition coefficient (Wildman–Crippen LogP) is 0.781. The van der Waals surface area contributed by atoms with Gasteiger partial charge in [-0.1, -0.05) is 0 Å². The van der Waals surface area contributed by atoms with Gasteiger partial charge in [0.05, 0.1) is 10.9 Å². The van der Waals surface area contributed by atoms with Gasteiger partial charge in [-0.05, 0) is 57.5 Å². The number of carbonyl (C=O) groups excluding carboxylic acids is 1. The molecule has 1 aliphatic rings. The van der Waals surface area contributed by atoms with E-state index in [2.05, 4.69) is 10.3 Å². The van der Waals surface area contributed by atoms with Gasteiger partial charge in [-0.25, -0.2) is 4.79 Å². The number of nitrogens with zero attached hydrogens (tertiary/aromatic N) is 2. The molecule has 1 saturated heterocycles. The van der Waals surface area contributed by atoms with Crippen molar-refractivity contribution in [1.82, 2.24) is 19.8 Å². The predicted molar refractivity (Wildman–Crippen MR) is 97.1 cm³/mol. The highest BCUT2D eigenvalue weighted by Gasteiger charge is 2.24. The lowest BCUT2D eigenvalue weighted by Gasteiger charge is -2.32. The average molecular weight is 344 g/mol. The lowest BCUT2D eigenvalue weighted by Crippen LogP contribution is -2.42. The van der Waals surface area contributed by atoms with Crippen molar-refractivity contribution >= 4 is 16.8 Å². The summed E-state index contributed by atoms with van der Waals surface area (Å²) < 4.78 is 1.15. The smallest absolute Gasteiger partial charge is 0.328 e. The standard InChI is InChI=1S/C18H24N4O3/c1-3-22-17(24)14-7-6-13(9-15(14)20-18(22)25)16(23)21-8-4-5-12(11-21)10-19-2/h6-7,9,12,19H,3-5,8,10-11H2,1-2H3,(H,20,25). The third-order valence-corrected chi connectivity index (χ3v) is 4.84. The molecule has 1 amide bonds. The summed E-state index contributed by atoms with van der Waals surface area (Å²) >= 11 is 0. The Morgan fingerprint density at radius 3 is 2.88 bits per heavy atom. The van der Waals surface area contributed by atoms with Gasteiger partial charge in [-0.15, -0.1) is 0 Å². The molecule has 1 fully saturated rings. The fraction of sp³-hybridized carbons (Fsp3) is 0.500. The summed E-state index contributed by atoms with van der Waals surface area (Å²) in [4.78, 5) is 41.7. The lowest BCUT2D eigenvalue weighted by molar-refractivity contribution is 0.0674. The third-order valence-electron chi connectivity index (χ3n) is 4.84. The number of aromatic amines is 1. The zero-order valence-electron chi connectivity index (χ0n) is 14.7. The Kier molecular flexibility index (Phi) is 5.03. The summed E-state index contributed by atoms with van der Waals surface area (Å²) in [6.45, 7) is 4.42. The van der Waals surface area contributed by atoms with Crippen LogP contribution in [-0.2, 0) is 6.54 Å². The maximum atomic E-state index is 12.8. The first-order valence-electron chi connectivity index (χ1n) is 8.76. The number of likely N-dealkylation sites (tertiary alicyclic amines) is 1. The van der Waals surface area contributed by atoms with E-state index in [1.807, 2.05) is 11.9 Å². The number of nitrogens with one attached hydrogen (secondary N) is 2. The van der Waals surface area contributed by atoms with Crippen LogP contribution in [0.25, 0.3) is 10.9 Å². The second-order valence-corrected chi connectivity index (χ2v) is 6.56. The number of carbonyl (C=O) groups is 1. The maximum Gasteiger partial charge on any atom is 0.328 e. The van der Waals surface area contributed by atoms with Gasteiger partial charge in [-0.2, -0.15) is 0 Å². The van der Waals surface area contributed by atoms with Crippen molar-refractivity contribution in [2.24, 2.45) is 5.92 Å². The van der Waals surface area contributed by atoms with Crippen molar-refractivity contribution in [2.75, 3.05) is 26.7 Å². The molecular formula is C18H24N4O3. The van der Waals surface area contributed by atoms with Crippen LogP contribution in [0.15, 0.2) is 27.8 Å². The Bertz CT molecular complexity index is 897. The largest absolute Gasteiger partial charge is 0.338 e. The Labute approximate surface area is 145 Å². The second kappa shape index (κ2) is 7.23. The first-order valence-corrected chi connectivity index (χ1v) is 8.76. The molecule has 1 aromatic heterocycles. The topological polar surface area (TPSA) is 87.2 Å². The van der Waals surface area contributed by atoms with Crippen LogP contribution in [0.4, 0.5) is 0 Å². The fourth-order valence-electron chi connectivity index (χ4n) is 3.56. The molecule has 134 valence electrons. The molecule has 0 saturated carbocycles. The van der Waals surface area contributed by atoms with Crippen LogP contribution in [0.3, 0.4) is 0 Å². The second-order valence-electron chi connectivity index (χ2n) is 6.56. The molecule has 1 aliphatic heterocycles. The molecule has 0 aliphatic carbocycles. The van der Waals surface area contributed by atoms with E-state index in [0.29, 0.717) is 28.9 Å². The monoisotopic (exact) mass is 344 g/mol. The SMILES string of the molecule is CCn1c(=O)[nH]c2cc(C(=O)N3CCCC(CNC)C3)ccc2c1=O. The van der Waals surface area contributed by atoms with Crippen molar-refractivity contribution in [1.29, 1.82) is 0 Å². The number of benzene rings is 1. The highest BCUT2D eigenvalue weighted by molar-refractivity contribution is 5.97. The first kappa shape index (κ1) is 17.4. The summed E-state index contributed by atoms with van der Waals surface area (Å²) in [5.41, 5.74) is 0.139. The van der Waals surface area contributed by atoms with Gasteiger partial charge >= 0.3 is 5.69 Å². The molecule has 0 radical (unpaired) electrons. The van der Waals surface area contributed by atoms with E-state index in [1.165, 1.54) is 0 Å². The van der Waals surface area contributed by atoms with E-state index in [-0.39, 0.29) is 11.5 Å². The minimum Gasteiger partial charge on any atom is -0.338 e. The molecule has 2 aromatic rings. The van der Waals surface area contributed by atoms with Crippen LogP contribution >= 0.6 is 0 Å². The minimum atomic E-state index is -0.448. The zero-order valence-corrected chi connectivity index (χ0v) is 14.7. The van der Waals surface area contributed by atoms with Crippen LogP contribution in [0, 0.1) is 5.92 Å². The highest BCUT2D eigenvalue weighted by Crippen LogP contribution is 2.19. The van der Waals surface area contributed by atoms with Gasteiger partial charge < -0.3 is 15.2 Å². The van der Waals surface area contributed by atoms with Gasteiger partial charge in [0, 0.05) is 25.2 Å². The molecule has 1 atom stereocenters. The van der Waals surface area contributed by atoms with Crippen molar-refractivity contribution in [3.8, 4) is 0 Å². The number of rotatable bonds is 4. The molecule has 25 heavy (non-hydrogen) atoms. The van der Waals surface area contributed by atoms with E-state index in [4.69, 9.17) is 0 Å². The molecule has 0 bridgehead atoms. The number of aromatic nitrogens is 2. The zero-order chi connectivity index (χ0) is 18.0. The number of hydrogen-bond acceptors (Lipinski definition) is 4. The number of amides is 1. The van der Waals surface area contributed by atoms with Crippen LogP contribution in [0.2, 0.25) is 0 Å². The normalized spacial score (nSPS) is 17.8. The van der Waals surface area contributed by atoms with Gasteiger partial charge in [0.15, 0.2) is 0 Å². The lowest BCUT2D eigenvalue weighted by atomic mass is 9.97. The molecule has 1 aromatic carbocycles. The number of hydrogen-bond donors (Lipinski definition) is 2. The Morgan fingerprint density at radius 1 is 1.36 bits per heavy atom. The summed E-state index contributed by atoms with van der Waals surface area (Å²) in [6.07, 6.45) is 2.11. The van der Waals surface area contributed by atoms with Crippen molar-refractivity contribution in [3.05, 3.63) is 44.6 Å². The Morgan fingerprint density at radius 2 is 2.16 bits per heavy atom. The molecule has 7 nitrogen and oxygen atoms in total. The minimum absolute atomic E-state index is 0.0526.